The molecule has 0 aliphatic rings. The number of thioether (sulfide) groups is 1. The van der Waals surface area contributed by atoms with E-state index in [-0.39, 0.29) is 24.0 Å². The molecule has 0 saturated carbocycles. The van der Waals surface area contributed by atoms with Crippen molar-refractivity contribution in [3.8, 4) is 0 Å². The first-order valence-electron chi connectivity index (χ1n) is 10.1. The van der Waals surface area contributed by atoms with E-state index in [0.29, 0.717) is 9.47 Å². The van der Waals surface area contributed by atoms with Crippen molar-refractivity contribution in [1.29, 1.82) is 0 Å². The maximum Gasteiger partial charge on any atom is 0.234 e. The van der Waals surface area contributed by atoms with Crippen molar-refractivity contribution >= 4 is 56.5 Å². The molecule has 0 aliphatic carbocycles. The van der Waals surface area contributed by atoms with E-state index in [9.17, 15) is 9.59 Å². The number of amides is 2. The zero-order valence-electron chi connectivity index (χ0n) is 17.7. The fraction of sp³-hybridized carbons (Fsp3) is 0.167. The Balaban J connectivity index is 1.30. The molecule has 8 heteroatoms. The van der Waals surface area contributed by atoms with Crippen molar-refractivity contribution in [3.05, 3.63) is 77.4 Å². The van der Waals surface area contributed by atoms with Gasteiger partial charge in [0.2, 0.25) is 16.9 Å². The Bertz CT molecular complexity index is 1260. The molecule has 0 radical (unpaired) electrons. The first-order chi connectivity index (χ1) is 15.5. The van der Waals surface area contributed by atoms with Crippen molar-refractivity contribution in [2.24, 2.45) is 0 Å². The van der Waals surface area contributed by atoms with E-state index in [4.69, 9.17) is 0 Å². The summed E-state index contributed by atoms with van der Waals surface area (Å²) >= 11 is 2.55. The van der Waals surface area contributed by atoms with Crippen LogP contribution in [0.5, 0.6) is 0 Å². The van der Waals surface area contributed by atoms with Crippen LogP contribution in [0.2, 0.25) is 0 Å². The SMILES string of the molecule is Cc1cc(C)cc(NC(=O)CSc2nnc(NC(=O)Cc3cccc4ccccc34)s2)c1. The molecule has 2 amide bonds. The monoisotopic (exact) mass is 462 g/mol. The van der Waals surface area contributed by atoms with Crippen LogP contribution in [0.15, 0.2) is 65.0 Å². The predicted octanol–water partition coefficient (Wildman–Crippen LogP) is 5.22. The summed E-state index contributed by atoms with van der Waals surface area (Å²) < 4.78 is 0.626. The molecule has 6 nitrogen and oxygen atoms in total. The summed E-state index contributed by atoms with van der Waals surface area (Å²) in [7, 11) is 0. The number of anilines is 2. The minimum Gasteiger partial charge on any atom is -0.325 e. The highest BCUT2D eigenvalue weighted by Gasteiger charge is 2.12. The highest BCUT2D eigenvalue weighted by molar-refractivity contribution is 8.01. The smallest absolute Gasteiger partial charge is 0.234 e. The van der Waals surface area contributed by atoms with Crippen molar-refractivity contribution in [1.82, 2.24) is 10.2 Å². The number of aromatic nitrogens is 2. The average molecular weight is 463 g/mol. The van der Waals surface area contributed by atoms with Crippen LogP contribution in [0, 0.1) is 13.8 Å². The fourth-order valence-electron chi connectivity index (χ4n) is 3.47. The molecule has 4 rings (SSSR count). The number of carbonyl (C=O) groups is 2. The molecular formula is C24H22N4O2S2. The molecule has 4 aromatic rings. The van der Waals surface area contributed by atoms with Gasteiger partial charge in [0.15, 0.2) is 4.34 Å². The van der Waals surface area contributed by atoms with Gasteiger partial charge in [-0.25, -0.2) is 0 Å². The summed E-state index contributed by atoms with van der Waals surface area (Å²) in [4.78, 5) is 24.8. The van der Waals surface area contributed by atoms with Gasteiger partial charge in [0.1, 0.15) is 0 Å². The van der Waals surface area contributed by atoms with Gasteiger partial charge in [0.25, 0.3) is 0 Å². The lowest BCUT2D eigenvalue weighted by Crippen LogP contribution is -2.14. The highest BCUT2D eigenvalue weighted by atomic mass is 32.2. The summed E-state index contributed by atoms with van der Waals surface area (Å²) in [5.74, 6) is -0.0515. The molecule has 0 unspecified atom stereocenters. The zero-order chi connectivity index (χ0) is 22.5. The van der Waals surface area contributed by atoms with Gasteiger partial charge in [0, 0.05) is 5.69 Å². The van der Waals surface area contributed by atoms with Crippen molar-refractivity contribution in [2.75, 3.05) is 16.4 Å². The van der Waals surface area contributed by atoms with E-state index in [1.165, 1.54) is 23.1 Å². The van der Waals surface area contributed by atoms with Gasteiger partial charge < -0.3 is 10.6 Å². The third kappa shape index (κ3) is 5.72. The van der Waals surface area contributed by atoms with Crippen LogP contribution >= 0.6 is 23.1 Å². The molecule has 0 bridgehead atoms. The topological polar surface area (TPSA) is 84.0 Å². The van der Waals surface area contributed by atoms with Gasteiger partial charge >= 0.3 is 0 Å². The number of hydrogen-bond donors (Lipinski definition) is 2. The zero-order valence-corrected chi connectivity index (χ0v) is 19.3. The van der Waals surface area contributed by atoms with Gasteiger partial charge in [0.05, 0.1) is 12.2 Å². The maximum atomic E-state index is 12.5. The molecule has 1 aromatic heterocycles. The second-order valence-corrected chi connectivity index (χ2v) is 9.65. The lowest BCUT2D eigenvalue weighted by atomic mass is 10.0. The van der Waals surface area contributed by atoms with E-state index in [1.807, 2.05) is 68.4 Å². The van der Waals surface area contributed by atoms with Gasteiger partial charge in [-0.1, -0.05) is 71.6 Å². The Morgan fingerprint density at radius 3 is 2.47 bits per heavy atom. The quantitative estimate of drug-likeness (QED) is 0.291. The third-order valence-corrected chi connectivity index (χ3v) is 6.69. The summed E-state index contributed by atoms with van der Waals surface area (Å²) in [5.41, 5.74) is 3.94. The van der Waals surface area contributed by atoms with E-state index in [0.717, 1.165) is 33.2 Å². The Hall–Kier alpha value is -3.23. The van der Waals surface area contributed by atoms with Gasteiger partial charge in [-0.2, -0.15) is 0 Å². The van der Waals surface area contributed by atoms with Crippen molar-refractivity contribution in [3.63, 3.8) is 0 Å². The largest absolute Gasteiger partial charge is 0.325 e. The number of benzene rings is 3. The molecule has 2 N–H and O–H groups in total. The van der Waals surface area contributed by atoms with Crippen LogP contribution < -0.4 is 10.6 Å². The van der Waals surface area contributed by atoms with Crippen LogP contribution in [-0.4, -0.2) is 27.8 Å². The van der Waals surface area contributed by atoms with E-state index in [2.05, 4.69) is 26.9 Å². The second kappa shape index (κ2) is 9.93. The Morgan fingerprint density at radius 2 is 1.66 bits per heavy atom. The number of fused-ring (bicyclic) bond motifs is 1. The molecular weight excluding hydrogens is 440 g/mol. The molecule has 3 aromatic carbocycles. The maximum absolute atomic E-state index is 12.5. The minimum absolute atomic E-state index is 0.114. The molecule has 0 atom stereocenters. The average Bonchev–Trinajstić information content (AvgIpc) is 3.19. The van der Waals surface area contributed by atoms with Gasteiger partial charge in [-0.05, 0) is 53.4 Å². The normalized spacial score (nSPS) is 10.8. The van der Waals surface area contributed by atoms with E-state index < -0.39 is 0 Å². The van der Waals surface area contributed by atoms with Crippen LogP contribution in [-0.2, 0) is 16.0 Å². The highest BCUT2D eigenvalue weighted by Crippen LogP contribution is 2.26. The van der Waals surface area contributed by atoms with Gasteiger partial charge in [-0.3, -0.25) is 9.59 Å². The molecule has 1 heterocycles. The lowest BCUT2D eigenvalue weighted by molar-refractivity contribution is -0.115. The Labute approximate surface area is 194 Å². The molecule has 0 saturated heterocycles. The van der Waals surface area contributed by atoms with Crippen LogP contribution in [0.3, 0.4) is 0 Å². The standard InChI is InChI=1S/C24H22N4O2S2/c1-15-10-16(2)12-19(11-15)25-22(30)14-31-24-28-27-23(32-24)26-21(29)13-18-8-5-7-17-6-3-4-9-20(17)18/h3-12H,13-14H2,1-2H3,(H,25,30)(H,26,27,29). The number of carbonyl (C=O) groups excluding carboxylic acids is 2. The molecule has 0 aliphatic heterocycles. The van der Waals surface area contributed by atoms with Gasteiger partial charge in [-0.15, -0.1) is 10.2 Å². The van der Waals surface area contributed by atoms with Crippen molar-refractivity contribution < 1.29 is 9.59 Å². The molecule has 0 spiro atoms. The summed E-state index contributed by atoms with van der Waals surface area (Å²) in [6.45, 7) is 3.99. The molecule has 162 valence electrons. The first kappa shape index (κ1) is 22.0. The number of hydrogen-bond acceptors (Lipinski definition) is 6. The third-order valence-electron chi connectivity index (χ3n) is 4.72. The molecule has 32 heavy (non-hydrogen) atoms. The minimum atomic E-state index is -0.151. The number of aryl methyl sites for hydroxylation is 2. The van der Waals surface area contributed by atoms with Crippen LogP contribution in [0.1, 0.15) is 16.7 Å². The summed E-state index contributed by atoms with van der Waals surface area (Å²) in [5, 5.41) is 16.4. The number of nitrogens with zero attached hydrogens (tertiary/aromatic N) is 2. The number of rotatable bonds is 7. The van der Waals surface area contributed by atoms with E-state index in [1.54, 1.807) is 0 Å². The van der Waals surface area contributed by atoms with Crippen LogP contribution in [0.4, 0.5) is 10.8 Å². The number of nitrogens with one attached hydrogen (secondary N) is 2. The summed E-state index contributed by atoms with van der Waals surface area (Å²) in [6, 6.07) is 19.9. The van der Waals surface area contributed by atoms with E-state index >= 15 is 0 Å². The van der Waals surface area contributed by atoms with Crippen molar-refractivity contribution in [2.45, 2.75) is 24.6 Å². The Morgan fingerprint density at radius 1 is 0.906 bits per heavy atom. The first-order valence-corrected chi connectivity index (χ1v) is 11.9. The van der Waals surface area contributed by atoms with Crippen LogP contribution in [0.25, 0.3) is 10.8 Å². The fourth-order valence-corrected chi connectivity index (χ4v) is 5.04. The predicted molar refractivity (Wildman–Crippen MR) is 131 cm³/mol. The summed E-state index contributed by atoms with van der Waals surface area (Å²) in [6.07, 6.45) is 0.252. The Kier molecular flexibility index (Phi) is 6.82. The molecule has 0 fully saturated rings. The second-order valence-electron chi connectivity index (χ2n) is 7.45. The lowest BCUT2D eigenvalue weighted by Gasteiger charge is -2.06.